The van der Waals surface area contributed by atoms with E-state index in [1.165, 1.54) is 0 Å². The highest BCUT2D eigenvalue weighted by molar-refractivity contribution is 6.33. The van der Waals surface area contributed by atoms with Crippen molar-refractivity contribution in [3.63, 3.8) is 0 Å². The molecular weight excluding hydrogens is 278 g/mol. The van der Waals surface area contributed by atoms with Crippen LogP contribution in [0, 0.1) is 0 Å². The first kappa shape index (κ1) is 16.4. The number of nitrogens with one attached hydrogen (secondary N) is 1. The van der Waals surface area contributed by atoms with E-state index >= 15 is 0 Å². The number of hydrogen-bond donors (Lipinski definition) is 1. The van der Waals surface area contributed by atoms with Gasteiger partial charge in [-0.2, -0.15) is 0 Å². The highest BCUT2D eigenvalue weighted by Crippen LogP contribution is 2.28. The van der Waals surface area contributed by atoms with Gasteiger partial charge in [-0.3, -0.25) is 0 Å². The zero-order valence-electron chi connectivity index (χ0n) is 12.2. The number of hydrogen-bond acceptors (Lipinski definition) is 3. The highest BCUT2D eigenvalue weighted by atomic mass is 35.5. The Bertz CT molecular complexity index is 492. The van der Waals surface area contributed by atoms with E-state index in [0.29, 0.717) is 17.3 Å². The van der Waals surface area contributed by atoms with Gasteiger partial charge in [-0.15, -0.1) is 0 Å². The number of methoxy groups -OCH3 is 1. The minimum Gasteiger partial charge on any atom is -0.495 e. The predicted molar refractivity (Wildman–Crippen MR) is 81.3 cm³/mol. The van der Waals surface area contributed by atoms with Crippen molar-refractivity contribution in [2.24, 2.45) is 0 Å². The van der Waals surface area contributed by atoms with Crippen LogP contribution in [-0.2, 0) is 4.74 Å². The molecule has 0 aliphatic heterocycles. The smallest absolute Gasteiger partial charge is 0.407 e. The molecule has 0 saturated carbocycles. The highest BCUT2D eigenvalue weighted by Gasteiger charge is 2.14. The Morgan fingerprint density at radius 3 is 2.70 bits per heavy atom. The summed E-state index contributed by atoms with van der Waals surface area (Å²) in [5, 5.41) is 3.18. The van der Waals surface area contributed by atoms with Crippen molar-refractivity contribution >= 4 is 23.8 Å². The van der Waals surface area contributed by atoms with Crippen LogP contribution < -0.4 is 10.1 Å². The van der Waals surface area contributed by atoms with Gasteiger partial charge in [0.05, 0.1) is 12.1 Å². The van der Waals surface area contributed by atoms with Crippen molar-refractivity contribution in [1.82, 2.24) is 5.32 Å². The summed E-state index contributed by atoms with van der Waals surface area (Å²) in [6.45, 7) is 5.82. The first-order valence-electron chi connectivity index (χ1n) is 6.29. The van der Waals surface area contributed by atoms with Crippen LogP contribution in [0.5, 0.6) is 5.75 Å². The molecule has 0 atom stereocenters. The minimum absolute atomic E-state index is 0.364. The van der Waals surface area contributed by atoms with Gasteiger partial charge in [0.25, 0.3) is 0 Å². The molecule has 0 aliphatic carbocycles. The van der Waals surface area contributed by atoms with E-state index in [-0.39, 0.29) is 0 Å². The summed E-state index contributed by atoms with van der Waals surface area (Å²) in [6, 6.07) is 5.51. The zero-order valence-corrected chi connectivity index (χ0v) is 13.0. The third-order valence-electron chi connectivity index (χ3n) is 2.27. The van der Waals surface area contributed by atoms with Gasteiger partial charge >= 0.3 is 6.09 Å². The second kappa shape index (κ2) is 7.20. The molecule has 0 unspecified atom stereocenters. The number of carbonyl (C=O) groups is 1. The van der Waals surface area contributed by atoms with Crippen LogP contribution in [0.2, 0.25) is 5.02 Å². The lowest BCUT2D eigenvalue weighted by molar-refractivity contribution is 0.0534. The largest absolute Gasteiger partial charge is 0.495 e. The summed E-state index contributed by atoms with van der Waals surface area (Å²) >= 11 is 6.15. The van der Waals surface area contributed by atoms with Crippen molar-refractivity contribution in [2.45, 2.75) is 26.4 Å². The number of rotatable bonds is 4. The fourth-order valence-corrected chi connectivity index (χ4v) is 1.72. The molecule has 0 heterocycles. The van der Waals surface area contributed by atoms with Gasteiger partial charge in [-0.1, -0.05) is 35.9 Å². The third-order valence-corrected chi connectivity index (χ3v) is 2.68. The van der Waals surface area contributed by atoms with Crippen LogP contribution in [0.25, 0.3) is 6.08 Å². The summed E-state index contributed by atoms with van der Waals surface area (Å²) < 4.78 is 10.2. The van der Waals surface area contributed by atoms with Crippen LogP contribution in [0.1, 0.15) is 26.3 Å². The Hall–Kier alpha value is -1.68. The fraction of sp³-hybridized carbons (Fsp3) is 0.400. The van der Waals surface area contributed by atoms with Crippen molar-refractivity contribution in [3.05, 3.63) is 34.9 Å². The first-order valence-corrected chi connectivity index (χ1v) is 6.67. The van der Waals surface area contributed by atoms with E-state index in [1.54, 1.807) is 19.3 Å². The first-order chi connectivity index (χ1) is 9.33. The van der Waals surface area contributed by atoms with Crippen LogP contribution in [0.4, 0.5) is 4.79 Å². The van der Waals surface area contributed by atoms with Crippen molar-refractivity contribution in [3.8, 4) is 5.75 Å². The monoisotopic (exact) mass is 297 g/mol. The predicted octanol–water partition coefficient (Wildman–Crippen LogP) is 3.89. The summed E-state index contributed by atoms with van der Waals surface area (Å²) in [4.78, 5) is 11.4. The SMILES string of the molecule is COc1cccc(C=CCNC(=O)OC(C)(C)C)c1Cl. The van der Waals surface area contributed by atoms with Crippen molar-refractivity contribution in [1.29, 1.82) is 0 Å². The number of alkyl carbamates (subject to hydrolysis) is 1. The zero-order chi connectivity index (χ0) is 15.2. The molecule has 0 saturated heterocycles. The third kappa shape index (κ3) is 5.53. The van der Waals surface area contributed by atoms with E-state index in [9.17, 15) is 4.79 Å². The van der Waals surface area contributed by atoms with Gasteiger partial charge < -0.3 is 14.8 Å². The Balaban J connectivity index is 2.52. The molecule has 1 aromatic carbocycles. The van der Waals surface area contributed by atoms with E-state index in [2.05, 4.69) is 5.32 Å². The van der Waals surface area contributed by atoms with Crippen molar-refractivity contribution < 1.29 is 14.3 Å². The Kier molecular flexibility index (Phi) is 5.89. The maximum absolute atomic E-state index is 11.4. The number of benzene rings is 1. The topological polar surface area (TPSA) is 47.6 Å². The maximum atomic E-state index is 11.4. The van der Waals surface area contributed by atoms with Gasteiger partial charge in [0.1, 0.15) is 11.4 Å². The molecule has 1 N–H and O–H groups in total. The number of carbonyl (C=O) groups excluding carboxylic acids is 1. The standard InChI is InChI=1S/C15H20ClNO3/c1-15(2,3)20-14(18)17-10-6-8-11-7-5-9-12(19-4)13(11)16/h5-9H,10H2,1-4H3,(H,17,18). The molecule has 4 nitrogen and oxygen atoms in total. The minimum atomic E-state index is -0.496. The van der Waals surface area contributed by atoms with Gasteiger partial charge in [-0.05, 0) is 32.4 Å². The Morgan fingerprint density at radius 2 is 2.10 bits per heavy atom. The number of amides is 1. The molecule has 5 heteroatoms. The number of halogens is 1. The van der Waals surface area contributed by atoms with Crippen LogP contribution >= 0.6 is 11.6 Å². The molecule has 0 aromatic heterocycles. The lowest BCUT2D eigenvalue weighted by Gasteiger charge is -2.19. The molecule has 1 rings (SSSR count). The summed E-state index contributed by atoms with van der Waals surface area (Å²) in [7, 11) is 1.57. The fourth-order valence-electron chi connectivity index (χ4n) is 1.46. The summed E-state index contributed by atoms with van der Waals surface area (Å²) in [5.41, 5.74) is 0.334. The van der Waals surface area contributed by atoms with Gasteiger partial charge in [-0.25, -0.2) is 4.79 Å². The molecule has 1 amide bonds. The second-order valence-corrected chi connectivity index (χ2v) is 5.53. The van der Waals surface area contributed by atoms with Gasteiger partial charge in [0.15, 0.2) is 0 Å². The van der Waals surface area contributed by atoms with Crippen LogP contribution in [0.15, 0.2) is 24.3 Å². The van der Waals surface area contributed by atoms with Gasteiger partial charge in [0.2, 0.25) is 0 Å². The summed E-state index contributed by atoms with van der Waals surface area (Å²) in [5.74, 6) is 0.619. The van der Waals surface area contributed by atoms with E-state index in [1.807, 2.05) is 39.0 Å². The Labute approximate surface area is 124 Å². The van der Waals surface area contributed by atoms with Crippen LogP contribution in [0.3, 0.4) is 0 Å². The molecule has 20 heavy (non-hydrogen) atoms. The van der Waals surface area contributed by atoms with Crippen LogP contribution in [-0.4, -0.2) is 25.3 Å². The molecule has 1 aromatic rings. The maximum Gasteiger partial charge on any atom is 0.407 e. The lowest BCUT2D eigenvalue weighted by Crippen LogP contribution is -2.32. The van der Waals surface area contributed by atoms with E-state index in [4.69, 9.17) is 21.1 Å². The molecule has 0 aliphatic rings. The van der Waals surface area contributed by atoms with Gasteiger partial charge in [0, 0.05) is 6.54 Å². The average Bonchev–Trinajstić information content (AvgIpc) is 2.34. The molecular formula is C15H20ClNO3. The molecule has 0 fully saturated rings. The molecule has 110 valence electrons. The number of ether oxygens (including phenoxy) is 2. The Morgan fingerprint density at radius 1 is 1.40 bits per heavy atom. The lowest BCUT2D eigenvalue weighted by atomic mass is 10.2. The normalized spacial score (nSPS) is 11.4. The van der Waals surface area contributed by atoms with E-state index in [0.717, 1.165) is 5.56 Å². The molecule has 0 spiro atoms. The average molecular weight is 298 g/mol. The molecule has 0 bridgehead atoms. The quantitative estimate of drug-likeness (QED) is 0.917. The van der Waals surface area contributed by atoms with E-state index < -0.39 is 11.7 Å². The second-order valence-electron chi connectivity index (χ2n) is 5.15. The van der Waals surface area contributed by atoms with Crippen molar-refractivity contribution in [2.75, 3.05) is 13.7 Å². The molecule has 0 radical (unpaired) electrons. The summed E-state index contributed by atoms with van der Waals surface area (Å²) in [6.07, 6.45) is 3.17.